The van der Waals surface area contributed by atoms with Crippen molar-refractivity contribution in [2.75, 3.05) is 46.4 Å². The second-order valence-corrected chi connectivity index (χ2v) is 6.03. The summed E-state index contributed by atoms with van der Waals surface area (Å²) < 4.78 is 5.57. The van der Waals surface area contributed by atoms with Crippen LogP contribution in [0.2, 0.25) is 0 Å². The van der Waals surface area contributed by atoms with E-state index in [0.717, 1.165) is 44.9 Å². The topological polar surface area (TPSA) is 27.7 Å². The third-order valence-electron chi connectivity index (χ3n) is 4.41. The van der Waals surface area contributed by atoms with E-state index in [-0.39, 0.29) is 0 Å². The van der Waals surface area contributed by atoms with Crippen LogP contribution in [0.3, 0.4) is 0 Å². The molecule has 1 aliphatic heterocycles. The molecule has 0 aromatic heterocycles. The first-order valence-corrected chi connectivity index (χ1v) is 8.58. The molecule has 0 aliphatic carbocycles. The number of methoxy groups -OCH3 is 1. The predicted molar refractivity (Wildman–Crippen MR) is 92.4 cm³/mol. The molecule has 1 saturated heterocycles. The number of hydrogen-bond acceptors (Lipinski definition) is 4. The Labute approximate surface area is 135 Å². The van der Waals surface area contributed by atoms with E-state index >= 15 is 0 Å². The molecule has 1 aliphatic rings. The van der Waals surface area contributed by atoms with Crippen LogP contribution in [0.25, 0.3) is 0 Å². The summed E-state index contributed by atoms with van der Waals surface area (Å²) in [5.74, 6) is 1.01. The number of piperazine rings is 1. The molecule has 0 atom stereocenters. The van der Waals surface area contributed by atoms with E-state index in [1.54, 1.807) is 7.11 Å². The molecule has 1 N–H and O–H groups in total. The molecule has 4 heteroatoms. The minimum absolute atomic E-state index is 0.881. The molecular formula is C18H31N3O. The maximum absolute atomic E-state index is 5.57. The summed E-state index contributed by atoms with van der Waals surface area (Å²) in [6.45, 7) is 13.2. The third-order valence-corrected chi connectivity index (χ3v) is 4.41. The molecular weight excluding hydrogens is 274 g/mol. The molecule has 22 heavy (non-hydrogen) atoms. The lowest BCUT2D eigenvalue weighted by atomic mass is 10.1. The second kappa shape index (κ2) is 9.13. The average Bonchev–Trinajstić information content (AvgIpc) is 2.57. The first-order valence-electron chi connectivity index (χ1n) is 8.58. The van der Waals surface area contributed by atoms with Gasteiger partial charge in [0.25, 0.3) is 0 Å². The van der Waals surface area contributed by atoms with E-state index in [2.05, 4.69) is 47.2 Å². The summed E-state index contributed by atoms with van der Waals surface area (Å²) in [6, 6.07) is 6.66. The van der Waals surface area contributed by atoms with E-state index in [4.69, 9.17) is 4.74 Å². The first kappa shape index (κ1) is 17.3. The maximum atomic E-state index is 5.57. The highest BCUT2D eigenvalue weighted by Gasteiger charge is 2.16. The Hall–Kier alpha value is -1.10. The van der Waals surface area contributed by atoms with Gasteiger partial charge in [-0.05, 0) is 31.1 Å². The van der Waals surface area contributed by atoms with Crippen molar-refractivity contribution in [2.45, 2.75) is 33.4 Å². The van der Waals surface area contributed by atoms with E-state index in [1.807, 2.05) is 0 Å². The third kappa shape index (κ3) is 4.97. The Morgan fingerprint density at radius 3 is 2.45 bits per heavy atom. The van der Waals surface area contributed by atoms with Gasteiger partial charge in [0.2, 0.25) is 0 Å². The van der Waals surface area contributed by atoms with Gasteiger partial charge in [0, 0.05) is 44.8 Å². The van der Waals surface area contributed by atoms with E-state index in [0.29, 0.717) is 0 Å². The zero-order valence-electron chi connectivity index (χ0n) is 14.4. The lowest BCUT2D eigenvalue weighted by molar-refractivity contribution is 0.132. The largest absolute Gasteiger partial charge is 0.496 e. The van der Waals surface area contributed by atoms with Crippen LogP contribution < -0.4 is 10.1 Å². The molecule has 0 radical (unpaired) electrons. The number of hydrogen-bond donors (Lipinski definition) is 1. The van der Waals surface area contributed by atoms with Gasteiger partial charge in [0.15, 0.2) is 0 Å². The van der Waals surface area contributed by atoms with Crippen molar-refractivity contribution in [2.24, 2.45) is 0 Å². The van der Waals surface area contributed by atoms with Gasteiger partial charge in [-0.15, -0.1) is 0 Å². The summed E-state index contributed by atoms with van der Waals surface area (Å²) in [4.78, 5) is 5.05. The van der Waals surface area contributed by atoms with Crippen LogP contribution in [0.15, 0.2) is 18.2 Å². The normalized spacial score (nSPS) is 16.9. The SMILES string of the molecule is CCCNCc1ccc(CN2CCN(CC)CC2)cc1OC. The molecule has 0 amide bonds. The van der Waals surface area contributed by atoms with Crippen LogP contribution in [-0.2, 0) is 13.1 Å². The minimum Gasteiger partial charge on any atom is -0.496 e. The standard InChI is InChI=1S/C18H31N3O/c1-4-8-19-14-17-7-6-16(13-18(17)22-3)15-21-11-9-20(5-2)10-12-21/h6-7,13,19H,4-5,8-12,14-15H2,1-3H3. The van der Waals surface area contributed by atoms with E-state index in [9.17, 15) is 0 Å². The Morgan fingerprint density at radius 2 is 1.82 bits per heavy atom. The van der Waals surface area contributed by atoms with Crippen LogP contribution in [0.4, 0.5) is 0 Å². The monoisotopic (exact) mass is 305 g/mol. The van der Waals surface area contributed by atoms with Crippen LogP contribution in [-0.4, -0.2) is 56.2 Å². The van der Waals surface area contributed by atoms with Crippen LogP contribution >= 0.6 is 0 Å². The predicted octanol–water partition coefficient (Wildman–Crippen LogP) is 2.33. The fraction of sp³-hybridized carbons (Fsp3) is 0.667. The quantitative estimate of drug-likeness (QED) is 0.746. The Balaban J connectivity index is 1.91. The Kier molecular flexibility index (Phi) is 7.16. The lowest BCUT2D eigenvalue weighted by Gasteiger charge is -2.34. The highest BCUT2D eigenvalue weighted by atomic mass is 16.5. The van der Waals surface area contributed by atoms with Crippen molar-refractivity contribution in [3.63, 3.8) is 0 Å². The number of rotatable bonds is 8. The van der Waals surface area contributed by atoms with Gasteiger partial charge in [0.1, 0.15) is 5.75 Å². The molecule has 1 heterocycles. The summed E-state index contributed by atoms with van der Waals surface area (Å²) >= 11 is 0. The number of benzene rings is 1. The van der Waals surface area contributed by atoms with Crippen molar-refractivity contribution in [3.05, 3.63) is 29.3 Å². The molecule has 0 saturated carbocycles. The molecule has 0 spiro atoms. The smallest absolute Gasteiger partial charge is 0.123 e. The molecule has 4 nitrogen and oxygen atoms in total. The maximum Gasteiger partial charge on any atom is 0.123 e. The van der Waals surface area contributed by atoms with Gasteiger partial charge >= 0.3 is 0 Å². The van der Waals surface area contributed by atoms with Crippen LogP contribution in [0.5, 0.6) is 5.75 Å². The second-order valence-electron chi connectivity index (χ2n) is 6.03. The summed E-state index contributed by atoms with van der Waals surface area (Å²) in [6.07, 6.45) is 1.16. The highest BCUT2D eigenvalue weighted by molar-refractivity contribution is 5.37. The average molecular weight is 305 g/mol. The Morgan fingerprint density at radius 1 is 1.09 bits per heavy atom. The number of nitrogens with zero attached hydrogens (tertiary/aromatic N) is 2. The van der Waals surface area contributed by atoms with Crippen LogP contribution in [0.1, 0.15) is 31.4 Å². The van der Waals surface area contributed by atoms with Crippen molar-refractivity contribution < 1.29 is 4.74 Å². The van der Waals surface area contributed by atoms with E-state index < -0.39 is 0 Å². The molecule has 124 valence electrons. The Bertz CT molecular complexity index is 442. The van der Waals surface area contributed by atoms with Gasteiger partial charge < -0.3 is 15.0 Å². The summed E-state index contributed by atoms with van der Waals surface area (Å²) in [5.41, 5.74) is 2.59. The van der Waals surface area contributed by atoms with Gasteiger partial charge in [-0.1, -0.05) is 26.0 Å². The number of likely N-dealkylation sites (N-methyl/N-ethyl adjacent to an activating group) is 1. The van der Waals surface area contributed by atoms with Crippen molar-refractivity contribution in [3.8, 4) is 5.75 Å². The van der Waals surface area contributed by atoms with Crippen molar-refractivity contribution >= 4 is 0 Å². The molecule has 1 fully saturated rings. The van der Waals surface area contributed by atoms with E-state index in [1.165, 1.54) is 30.8 Å². The zero-order chi connectivity index (χ0) is 15.8. The van der Waals surface area contributed by atoms with Gasteiger partial charge in [-0.25, -0.2) is 0 Å². The van der Waals surface area contributed by atoms with Gasteiger partial charge in [-0.2, -0.15) is 0 Å². The number of ether oxygens (including phenoxy) is 1. The molecule has 0 unspecified atom stereocenters. The van der Waals surface area contributed by atoms with Crippen molar-refractivity contribution in [1.82, 2.24) is 15.1 Å². The molecule has 0 bridgehead atoms. The minimum atomic E-state index is 0.881. The zero-order valence-corrected chi connectivity index (χ0v) is 14.4. The molecule has 1 aromatic rings. The molecule has 2 rings (SSSR count). The summed E-state index contributed by atoms with van der Waals surface area (Å²) in [5, 5.41) is 3.44. The lowest BCUT2D eigenvalue weighted by Crippen LogP contribution is -2.45. The highest BCUT2D eigenvalue weighted by Crippen LogP contribution is 2.21. The summed E-state index contributed by atoms with van der Waals surface area (Å²) in [7, 11) is 1.77. The van der Waals surface area contributed by atoms with Crippen LogP contribution in [0, 0.1) is 0 Å². The fourth-order valence-corrected chi connectivity index (χ4v) is 2.96. The number of nitrogens with one attached hydrogen (secondary N) is 1. The first-order chi connectivity index (χ1) is 10.8. The van der Waals surface area contributed by atoms with Crippen molar-refractivity contribution in [1.29, 1.82) is 0 Å². The van der Waals surface area contributed by atoms with Gasteiger partial charge in [0.05, 0.1) is 7.11 Å². The van der Waals surface area contributed by atoms with Gasteiger partial charge in [-0.3, -0.25) is 4.90 Å². The molecule has 1 aromatic carbocycles. The fourth-order valence-electron chi connectivity index (χ4n) is 2.96.